The highest BCUT2D eigenvalue weighted by atomic mass is 32.1. The Balaban J connectivity index is 1.51. The number of amides is 2. The Labute approximate surface area is 220 Å². The maximum atomic E-state index is 12.7. The van der Waals surface area contributed by atoms with Crippen molar-refractivity contribution >= 4 is 29.3 Å². The molecule has 0 aliphatic carbocycles. The molecule has 2 amide bonds. The SMILES string of the molecule is CC(=O)N[C@@H](Cc1ccc(-c2sn(O)c(=O)c2O)cc1)C(=O)NCCCCOc1cccc(O)c1C(=O)O. The zero-order valence-electron chi connectivity index (χ0n) is 20.3. The summed E-state index contributed by atoms with van der Waals surface area (Å²) in [7, 11) is 0. The normalized spacial score (nSPS) is 11.5. The summed E-state index contributed by atoms with van der Waals surface area (Å²) in [6.07, 6.45) is 1.20. The summed E-state index contributed by atoms with van der Waals surface area (Å²) in [6.45, 7) is 1.77. The van der Waals surface area contributed by atoms with Crippen LogP contribution in [0.15, 0.2) is 47.3 Å². The van der Waals surface area contributed by atoms with Crippen LogP contribution in [0.5, 0.6) is 17.2 Å². The lowest BCUT2D eigenvalue weighted by Gasteiger charge is -2.18. The summed E-state index contributed by atoms with van der Waals surface area (Å²) in [4.78, 5) is 47.4. The standard InChI is InChI=1S/C25H27N3O9S/c1-14(29)27-17(13-15-7-9-16(10-8-15)22-21(31)24(33)28(36)38-22)23(32)26-11-2-3-12-37-19-6-4-5-18(30)20(19)25(34)35/h4-10,17,30-31,36H,2-3,11-13H2,1H3,(H,26,32)(H,27,29)(H,34,35)/t17-/m0/s1. The van der Waals surface area contributed by atoms with Crippen LogP contribution in [-0.4, -0.2) is 61.6 Å². The Hall–Kier alpha value is -4.52. The van der Waals surface area contributed by atoms with Gasteiger partial charge in [0, 0.05) is 19.9 Å². The smallest absolute Gasteiger partial charge is 0.343 e. The van der Waals surface area contributed by atoms with Crippen molar-refractivity contribution in [1.29, 1.82) is 0 Å². The van der Waals surface area contributed by atoms with Gasteiger partial charge in [-0.2, -0.15) is 0 Å². The molecule has 0 saturated heterocycles. The molecule has 1 heterocycles. The van der Waals surface area contributed by atoms with E-state index in [1.807, 2.05) is 0 Å². The monoisotopic (exact) mass is 545 g/mol. The minimum Gasteiger partial charge on any atom is -0.507 e. The molecule has 202 valence electrons. The first-order chi connectivity index (χ1) is 18.1. The summed E-state index contributed by atoms with van der Waals surface area (Å²) >= 11 is 0.685. The van der Waals surface area contributed by atoms with Crippen LogP contribution in [-0.2, 0) is 16.0 Å². The van der Waals surface area contributed by atoms with Gasteiger partial charge in [-0.05, 0) is 47.6 Å². The number of unbranched alkanes of at least 4 members (excludes halogenated alkanes) is 1. The zero-order chi connectivity index (χ0) is 27.8. The predicted octanol–water partition coefficient (Wildman–Crippen LogP) is 1.95. The highest BCUT2D eigenvalue weighted by Gasteiger charge is 2.21. The van der Waals surface area contributed by atoms with Crippen LogP contribution >= 0.6 is 11.5 Å². The largest absolute Gasteiger partial charge is 0.507 e. The molecule has 3 aromatic rings. The topological polar surface area (TPSA) is 187 Å². The molecule has 0 fully saturated rings. The minimum absolute atomic E-state index is 0.0524. The summed E-state index contributed by atoms with van der Waals surface area (Å²) in [5.41, 5.74) is -0.00414. The second-order valence-electron chi connectivity index (χ2n) is 8.30. The maximum Gasteiger partial charge on any atom is 0.343 e. The maximum absolute atomic E-state index is 12.7. The lowest BCUT2D eigenvalue weighted by molar-refractivity contribution is -0.128. The van der Waals surface area contributed by atoms with E-state index < -0.39 is 23.3 Å². The molecule has 1 aromatic heterocycles. The van der Waals surface area contributed by atoms with Crippen LogP contribution < -0.4 is 20.9 Å². The van der Waals surface area contributed by atoms with Crippen molar-refractivity contribution in [2.45, 2.75) is 32.2 Å². The molecule has 0 saturated carbocycles. The number of hydrogen-bond acceptors (Lipinski definition) is 9. The molecule has 2 aromatic carbocycles. The van der Waals surface area contributed by atoms with Crippen LogP contribution in [0.4, 0.5) is 0 Å². The number of phenols is 1. The molecule has 6 N–H and O–H groups in total. The van der Waals surface area contributed by atoms with Gasteiger partial charge in [-0.25, -0.2) is 4.79 Å². The van der Waals surface area contributed by atoms with E-state index in [4.69, 9.17) is 4.74 Å². The van der Waals surface area contributed by atoms with Gasteiger partial charge in [0.25, 0.3) is 0 Å². The van der Waals surface area contributed by atoms with Crippen molar-refractivity contribution in [1.82, 2.24) is 14.8 Å². The van der Waals surface area contributed by atoms with Crippen molar-refractivity contribution in [2.75, 3.05) is 13.2 Å². The number of aromatic nitrogens is 1. The summed E-state index contributed by atoms with van der Waals surface area (Å²) in [5, 5.41) is 43.6. The molecule has 1 atom stereocenters. The summed E-state index contributed by atoms with van der Waals surface area (Å²) in [5.74, 6) is -2.97. The van der Waals surface area contributed by atoms with E-state index >= 15 is 0 Å². The third-order valence-electron chi connectivity index (χ3n) is 5.47. The lowest BCUT2D eigenvalue weighted by atomic mass is 10.0. The van der Waals surface area contributed by atoms with Gasteiger partial charge >= 0.3 is 11.5 Å². The fourth-order valence-electron chi connectivity index (χ4n) is 3.63. The van der Waals surface area contributed by atoms with E-state index in [0.29, 0.717) is 46.2 Å². The fourth-order valence-corrected chi connectivity index (χ4v) is 4.39. The highest BCUT2D eigenvalue weighted by Crippen LogP contribution is 2.31. The molecule has 13 heteroatoms. The van der Waals surface area contributed by atoms with Crippen molar-refractivity contribution < 1.29 is 39.6 Å². The Bertz CT molecular complexity index is 1370. The minimum atomic E-state index is -1.30. The lowest BCUT2D eigenvalue weighted by Crippen LogP contribution is -2.47. The van der Waals surface area contributed by atoms with Gasteiger partial charge < -0.3 is 35.9 Å². The van der Waals surface area contributed by atoms with Crippen molar-refractivity contribution in [2.24, 2.45) is 0 Å². The number of hydrogen-bond donors (Lipinski definition) is 6. The number of rotatable bonds is 12. The van der Waals surface area contributed by atoms with Crippen molar-refractivity contribution in [3.63, 3.8) is 0 Å². The Morgan fingerprint density at radius 1 is 1.08 bits per heavy atom. The number of aromatic hydroxyl groups is 2. The van der Waals surface area contributed by atoms with E-state index in [-0.39, 0.29) is 46.8 Å². The molecular weight excluding hydrogens is 518 g/mol. The number of carboxylic acid groups (broad SMARTS) is 1. The first kappa shape index (κ1) is 28.1. The van der Waals surface area contributed by atoms with Gasteiger partial charge in [0.2, 0.25) is 17.6 Å². The molecular formula is C25H27N3O9S. The van der Waals surface area contributed by atoms with E-state index in [1.165, 1.54) is 25.1 Å². The van der Waals surface area contributed by atoms with Gasteiger partial charge in [-0.15, -0.1) is 0 Å². The first-order valence-electron chi connectivity index (χ1n) is 11.5. The number of carbonyl (C=O) groups excluding carboxylic acids is 2. The zero-order valence-corrected chi connectivity index (χ0v) is 21.2. The third kappa shape index (κ3) is 7.03. The average molecular weight is 546 g/mol. The molecule has 0 radical (unpaired) electrons. The van der Waals surface area contributed by atoms with Gasteiger partial charge in [0.15, 0.2) is 0 Å². The van der Waals surface area contributed by atoms with Crippen LogP contribution in [0, 0.1) is 0 Å². The molecule has 0 bridgehead atoms. The van der Waals surface area contributed by atoms with Gasteiger partial charge in [0.05, 0.1) is 6.61 Å². The van der Waals surface area contributed by atoms with E-state index in [2.05, 4.69) is 10.6 Å². The number of nitrogens with one attached hydrogen (secondary N) is 2. The molecule has 0 unspecified atom stereocenters. The third-order valence-corrected chi connectivity index (χ3v) is 6.42. The van der Waals surface area contributed by atoms with Crippen LogP contribution in [0.1, 0.15) is 35.7 Å². The highest BCUT2D eigenvalue weighted by molar-refractivity contribution is 7.10. The van der Waals surface area contributed by atoms with E-state index in [0.717, 1.165) is 0 Å². The summed E-state index contributed by atoms with van der Waals surface area (Å²) < 4.78 is 5.80. The van der Waals surface area contributed by atoms with Gasteiger partial charge in [-0.1, -0.05) is 34.5 Å². The molecule has 0 aliphatic rings. The Morgan fingerprint density at radius 2 is 1.79 bits per heavy atom. The number of carbonyl (C=O) groups is 3. The van der Waals surface area contributed by atoms with Crippen molar-refractivity contribution in [3.8, 4) is 27.7 Å². The Kier molecular flexibility index (Phi) is 9.33. The van der Waals surface area contributed by atoms with E-state index in [1.54, 1.807) is 24.3 Å². The molecule has 3 rings (SSSR count). The van der Waals surface area contributed by atoms with Crippen LogP contribution in [0.2, 0.25) is 0 Å². The second kappa shape index (κ2) is 12.6. The molecule has 0 spiro atoms. The van der Waals surface area contributed by atoms with Gasteiger partial charge in [0.1, 0.15) is 28.0 Å². The van der Waals surface area contributed by atoms with Gasteiger partial charge in [-0.3, -0.25) is 14.4 Å². The van der Waals surface area contributed by atoms with Crippen LogP contribution in [0.3, 0.4) is 0 Å². The molecule has 0 aliphatic heterocycles. The number of carboxylic acids is 1. The van der Waals surface area contributed by atoms with Crippen molar-refractivity contribution in [3.05, 3.63) is 63.9 Å². The summed E-state index contributed by atoms with van der Waals surface area (Å²) in [6, 6.07) is 9.97. The molecule has 38 heavy (non-hydrogen) atoms. The average Bonchev–Trinajstić information content (AvgIpc) is 3.12. The first-order valence-corrected chi connectivity index (χ1v) is 12.3. The van der Waals surface area contributed by atoms with Crippen LogP contribution in [0.25, 0.3) is 10.4 Å². The predicted molar refractivity (Wildman–Crippen MR) is 137 cm³/mol. The number of benzene rings is 2. The Morgan fingerprint density at radius 3 is 2.39 bits per heavy atom. The van der Waals surface area contributed by atoms with E-state index in [9.17, 15) is 39.7 Å². The fraction of sp³-hybridized carbons (Fsp3) is 0.280. The second-order valence-corrected chi connectivity index (χ2v) is 9.24. The quantitative estimate of drug-likeness (QED) is 0.146. The number of aromatic carboxylic acids is 1. The molecule has 12 nitrogen and oxygen atoms in total. The number of nitrogens with zero attached hydrogens (tertiary/aromatic N) is 1. The number of ether oxygens (including phenoxy) is 1.